The molecule has 1 aromatic heterocycles. The topological polar surface area (TPSA) is 25.2 Å². The zero-order chi connectivity index (χ0) is 14.2. The molecule has 1 aliphatic carbocycles. The van der Waals surface area contributed by atoms with Gasteiger partial charge in [-0.1, -0.05) is 39.5 Å². The van der Waals surface area contributed by atoms with E-state index >= 15 is 0 Å². The molecule has 0 bridgehead atoms. The largest absolute Gasteiger partial charge is 0.469 e. The number of hydrogen-bond acceptors (Lipinski definition) is 2. The van der Waals surface area contributed by atoms with Crippen molar-refractivity contribution < 1.29 is 4.42 Å². The van der Waals surface area contributed by atoms with Crippen molar-refractivity contribution in [3.05, 3.63) is 24.2 Å². The SMILES string of the molecule is CCCNC(CCc1ccco1)C1CCCCC1CC. The summed E-state index contributed by atoms with van der Waals surface area (Å²) in [6.07, 6.45) is 12.4. The Labute approximate surface area is 124 Å². The van der Waals surface area contributed by atoms with Crippen LogP contribution in [0.4, 0.5) is 0 Å². The van der Waals surface area contributed by atoms with Gasteiger partial charge in [0, 0.05) is 12.5 Å². The molecule has 1 aliphatic rings. The van der Waals surface area contributed by atoms with Crippen LogP contribution in [0.3, 0.4) is 0 Å². The zero-order valence-electron chi connectivity index (χ0n) is 13.2. The minimum atomic E-state index is 0.672. The van der Waals surface area contributed by atoms with Gasteiger partial charge in [0.1, 0.15) is 5.76 Å². The lowest BCUT2D eigenvalue weighted by Crippen LogP contribution is -2.41. The van der Waals surface area contributed by atoms with Crippen LogP contribution in [0.15, 0.2) is 22.8 Å². The molecule has 1 saturated carbocycles. The summed E-state index contributed by atoms with van der Waals surface area (Å²) in [5.74, 6) is 2.93. The van der Waals surface area contributed by atoms with E-state index in [0.29, 0.717) is 6.04 Å². The van der Waals surface area contributed by atoms with Gasteiger partial charge in [-0.2, -0.15) is 0 Å². The summed E-state index contributed by atoms with van der Waals surface area (Å²) in [6, 6.07) is 4.78. The fourth-order valence-electron chi connectivity index (χ4n) is 3.82. The fourth-order valence-corrected chi connectivity index (χ4v) is 3.82. The van der Waals surface area contributed by atoms with Crippen molar-refractivity contribution in [2.45, 2.75) is 71.3 Å². The van der Waals surface area contributed by atoms with Crippen molar-refractivity contribution in [3.63, 3.8) is 0 Å². The van der Waals surface area contributed by atoms with Gasteiger partial charge < -0.3 is 9.73 Å². The maximum absolute atomic E-state index is 5.50. The summed E-state index contributed by atoms with van der Waals surface area (Å²) < 4.78 is 5.50. The molecule has 2 rings (SSSR count). The molecule has 3 unspecified atom stereocenters. The first-order chi connectivity index (χ1) is 9.85. The van der Waals surface area contributed by atoms with Crippen molar-refractivity contribution in [2.24, 2.45) is 11.8 Å². The second-order valence-electron chi connectivity index (χ2n) is 6.30. The van der Waals surface area contributed by atoms with Crippen molar-refractivity contribution in [1.82, 2.24) is 5.32 Å². The molecule has 1 fully saturated rings. The Balaban J connectivity index is 1.93. The zero-order valence-corrected chi connectivity index (χ0v) is 13.2. The highest BCUT2D eigenvalue weighted by molar-refractivity contribution is 4.99. The molecule has 0 spiro atoms. The molecule has 0 radical (unpaired) electrons. The number of rotatable bonds is 8. The van der Waals surface area contributed by atoms with E-state index in [9.17, 15) is 0 Å². The third-order valence-corrected chi connectivity index (χ3v) is 4.95. The Bertz CT molecular complexity index is 346. The summed E-state index contributed by atoms with van der Waals surface area (Å²) >= 11 is 0. The molecule has 3 atom stereocenters. The minimum Gasteiger partial charge on any atom is -0.469 e. The van der Waals surface area contributed by atoms with Crippen molar-refractivity contribution in [3.8, 4) is 0 Å². The molecule has 2 nitrogen and oxygen atoms in total. The van der Waals surface area contributed by atoms with Crippen LogP contribution in [0, 0.1) is 11.8 Å². The minimum absolute atomic E-state index is 0.672. The average Bonchev–Trinajstić information content (AvgIpc) is 3.01. The van der Waals surface area contributed by atoms with Gasteiger partial charge in [-0.05, 0) is 49.8 Å². The molecule has 1 heterocycles. The monoisotopic (exact) mass is 277 g/mol. The highest BCUT2D eigenvalue weighted by Gasteiger charge is 2.30. The third-order valence-electron chi connectivity index (χ3n) is 4.95. The summed E-state index contributed by atoms with van der Waals surface area (Å²) in [5.41, 5.74) is 0. The molecule has 0 aromatic carbocycles. The molecule has 20 heavy (non-hydrogen) atoms. The quantitative estimate of drug-likeness (QED) is 0.738. The highest BCUT2D eigenvalue weighted by Crippen LogP contribution is 2.35. The number of nitrogens with one attached hydrogen (secondary N) is 1. The van der Waals surface area contributed by atoms with Crippen LogP contribution in [0.25, 0.3) is 0 Å². The molecule has 0 amide bonds. The van der Waals surface area contributed by atoms with E-state index < -0.39 is 0 Å². The molecule has 2 heteroatoms. The van der Waals surface area contributed by atoms with Crippen LogP contribution in [0.2, 0.25) is 0 Å². The van der Waals surface area contributed by atoms with Crippen molar-refractivity contribution in [1.29, 1.82) is 0 Å². The normalized spacial score (nSPS) is 24.7. The maximum Gasteiger partial charge on any atom is 0.103 e. The van der Waals surface area contributed by atoms with Crippen LogP contribution in [0.1, 0.15) is 64.6 Å². The second-order valence-corrected chi connectivity index (χ2v) is 6.30. The van der Waals surface area contributed by atoms with E-state index in [1.807, 2.05) is 6.07 Å². The molecule has 1 N–H and O–H groups in total. The molecular weight excluding hydrogens is 246 g/mol. The summed E-state index contributed by atoms with van der Waals surface area (Å²) in [5, 5.41) is 3.82. The Morgan fingerprint density at radius 1 is 1.30 bits per heavy atom. The lowest BCUT2D eigenvalue weighted by Gasteiger charge is -2.37. The van der Waals surface area contributed by atoms with Crippen molar-refractivity contribution in [2.75, 3.05) is 6.54 Å². The Kier molecular flexibility index (Phi) is 6.65. The van der Waals surface area contributed by atoms with Gasteiger partial charge in [0.2, 0.25) is 0 Å². The van der Waals surface area contributed by atoms with Crippen LogP contribution in [0.5, 0.6) is 0 Å². The lowest BCUT2D eigenvalue weighted by molar-refractivity contribution is 0.168. The first-order valence-electron chi connectivity index (χ1n) is 8.60. The lowest BCUT2D eigenvalue weighted by atomic mass is 9.73. The summed E-state index contributed by atoms with van der Waals surface area (Å²) in [7, 11) is 0. The van der Waals surface area contributed by atoms with E-state index in [-0.39, 0.29) is 0 Å². The Hall–Kier alpha value is -0.760. The standard InChI is InChI=1S/C18H31NO/c1-3-13-19-18(12-11-16-9-7-14-20-16)17-10-6-5-8-15(17)4-2/h7,9,14-15,17-19H,3-6,8,10-13H2,1-2H3. The van der Waals surface area contributed by atoms with Gasteiger partial charge in [-0.25, -0.2) is 0 Å². The predicted octanol–water partition coefficient (Wildman–Crippen LogP) is 4.80. The van der Waals surface area contributed by atoms with Crippen LogP contribution in [-0.4, -0.2) is 12.6 Å². The van der Waals surface area contributed by atoms with Gasteiger partial charge in [-0.3, -0.25) is 0 Å². The van der Waals surface area contributed by atoms with Crippen molar-refractivity contribution >= 4 is 0 Å². The fraction of sp³-hybridized carbons (Fsp3) is 0.778. The third kappa shape index (κ3) is 4.37. The van der Waals surface area contributed by atoms with E-state index in [1.54, 1.807) is 6.26 Å². The first-order valence-corrected chi connectivity index (χ1v) is 8.60. The number of furan rings is 1. The van der Waals surface area contributed by atoms with Crippen LogP contribution < -0.4 is 5.32 Å². The second kappa shape index (κ2) is 8.51. The van der Waals surface area contributed by atoms with Gasteiger partial charge in [0.15, 0.2) is 0 Å². The Morgan fingerprint density at radius 3 is 2.85 bits per heavy atom. The molecular formula is C18H31NO. The number of aryl methyl sites for hydroxylation is 1. The van der Waals surface area contributed by atoms with Crippen LogP contribution in [-0.2, 0) is 6.42 Å². The average molecular weight is 277 g/mol. The molecule has 1 aromatic rings. The summed E-state index contributed by atoms with van der Waals surface area (Å²) in [4.78, 5) is 0. The Morgan fingerprint density at radius 2 is 2.15 bits per heavy atom. The summed E-state index contributed by atoms with van der Waals surface area (Å²) in [6.45, 7) is 5.77. The van der Waals surface area contributed by atoms with Crippen LogP contribution >= 0.6 is 0 Å². The van der Waals surface area contributed by atoms with E-state index in [1.165, 1.54) is 44.9 Å². The van der Waals surface area contributed by atoms with E-state index in [0.717, 1.165) is 30.6 Å². The molecule has 0 aliphatic heterocycles. The molecule has 0 saturated heterocycles. The highest BCUT2D eigenvalue weighted by atomic mass is 16.3. The molecule has 114 valence electrons. The predicted molar refractivity (Wildman–Crippen MR) is 84.8 cm³/mol. The maximum atomic E-state index is 5.50. The van der Waals surface area contributed by atoms with E-state index in [4.69, 9.17) is 4.42 Å². The van der Waals surface area contributed by atoms with E-state index in [2.05, 4.69) is 25.2 Å². The van der Waals surface area contributed by atoms with Gasteiger partial charge in [0.05, 0.1) is 6.26 Å². The van der Waals surface area contributed by atoms with Gasteiger partial charge in [-0.15, -0.1) is 0 Å². The van der Waals surface area contributed by atoms with Gasteiger partial charge in [0.25, 0.3) is 0 Å². The smallest absolute Gasteiger partial charge is 0.103 e. The first kappa shape index (κ1) is 15.6. The number of hydrogen-bond donors (Lipinski definition) is 1. The van der Waals surface area contributed by atoms with Gasteiger partial charge >= 0.3 is 0 Å².